The topological polar surface area (TPSA) is 22.1 Å². The molecule has 0 saturated heterocycles. The lowest BCUT2D eigenvalue weighted by atomic mass is 10.5. The number of hydrogen-bond acceptors (Lipinski definition) is 2. The van der Waals surface area contributed by atoms with Gasteiger partial charge in [-0.3, -0.25) is 0 Å². The van der Waals surface area contributed by atoms with E-state index in [1.54, 1.807) is 22.6 Å². The summed E-state index contributed by atoms with van der Waals surface area (Å²) < 4.78 is 40.9. The van der Waals surface area contributed by atoms with E-state index in [0.29, 0.717) is 11.7 Å². The molecule has 0 bridgehead atoms. The second-order valence-corrected chi connectivity index (χ2v) is 5.00. The minimum Gasteiger partial charge on any atom is -0.403 e. The van der Waals surface area contributed by atoms with Gasteiger partial charge in [-0.1, -0.05) is 0 Å². The van der Waals surface area contributed by atoms with Crippen LogP contribution in [0.2, 0.25) is 0 Å². The molecule has 1 aromatic rings. The summed E-state index contributed by atoms with van der Waals surface area (Å²) in [5, 5.41) is 0. The Hall–Kier alpha value is 0.680. The van der Waals surface area contributed by atoms with Crippen LogP contribution in [-0.4, -0.2) is 11.3 Å². The van der Waals surface area contributed by atoms with E-state index in [9.17, 15) is 13.2 Å². The number of ether oxygens (including phenoxy) is 1. The van der Waals surface area contributed by atoms with Gasteiger partial charge in [0.25, 0.3) is 0 Å². The predicted molar refractivity (Wildman–Crippen MR) is 64.1 cm³/mol. The molecule has 0 unspecified atom stereocenters. The van der Waals surface area contributed by atoms with Crippen molar-refractivity contribution in [3.63, 3.8) is 0 Å². The minimum absolute atomic E-state index is 0.286. The average molecular weight is 494 g/mol. The zero-order valence-corrected chi connectivity index (χ0v) is 12.1. The van der Waals surface area contributed by atoms with Crippen molar-refractivity contribution in [1.29, 1.82) is 0 Å². The van der Waals surface area contributed by atoms with Crippen LogP contribution in [0, 0.1) is 7.14 Å². The number of pyridine rings is 1. The number of halogens is 6. The number of alkyl halides is 3. The van der Waals surface area contributed by atoms with E-state index < -0.39 is 6.36 Å². The first-order valence-corrected chi connectivity index (χ1v) is 6.01. The Labute approximate surface area is 113 Å². The third kappa shape index (κ3) is 3.36. The van der Waals surface area contributed by atoms with Gasteiger partial charge in [0.05, 0.1) is 13.3 Å². The largest absolute Gasteiger partial charge is 0.573 e. The summed E-state index contributed by atoms with van der Waals surface area (Å²) in [6.07, 6.45) is -3.65. The van der Waals surface area contributed by atoms with Crippen LogP contribution in [0.4, 0.5) is 13.2 Å². The molecule has 0 aliphatic rings. The normalized spacial score (nSPS) is 11.6. The van der Waals surface area contributed by atoms with Gasteiger partial charge in [0.1, 0.15) is 4.60 Å². The van der Waals surface area contributed by atoms with Gasteiger partial charge in [-0.05, 0) is 61.1 Å². The molecule has 2 nitrogen and oxygen atoms in total. The van der Waals surface area contributed by atoms with Crippen molar-refractivity contribution in [1.82, 2.24) is 4.98 Å². The summed E-state index contributed by atoms with van der Waals surface area (Å²) in [7, 11) is 0. The summed E-state index contributed by atoms with van der Waals surface area (Å²) >= 11 is 6.75. The molecule has 0 spiro atoms. The van der Waals surface area contributed by atoms with E-state index in [1.807, 2.05) is 22.6 Å². The van der Waals surface area contributed by atoms with Crippen molar-refractivity contribution in [3.05, 3.63) is 17.9 Å². The standard InChI is InChI=1S/C6HBrF3I2NO/c7-5-4(12)3(11)2(1-13-5)14-6(8,9)10/h1H. The highest BCUT2D eigenvalue weighted by Gasteiger charge is 2.32. The second-order valence-electron chi connectivity index (χ2n) is 2.09. The molecule has 1 heterocycles. The van der Waals surface area contributed by atoms with Crippen molar-refractivity contribution >= 4 is 61.1 Å². The first kappa shape index (κ1) is 12.7. The summed E-state index contributed by atoms with van der Waals surface area (Å²) in [6.45, 7) is 0. The molecule has 0 aliphatic heterocycles. The lowest BCUT2D eigenvalue weighted by Crippen LogP contribution is -2.18. The summed E-state index contributed by atoms with van der Waals surface area (Å²) in [4.78, 5) is 3.70. The number of aromatic nitrogens is 1. The van der Waals surface area contributed by atoms with Crippen LogP contribution in [0.5, 0.6) is 5.75 Å². The molecule has 0 N–H and O–H groups in total. The van der Waals surface area contributed by atoms with Crippen molar-refractivity contribution in [2.45, 2.75) is 6.36 Å². The highest BCUT2D eigenvalue weighted by molar-refractivity contribution is 14.1. The Morgan fingerprint density at radius 1 is 1.29 bits per heavy atom. The lowest BCUT2D eigenvalue weighted by Gasteiger charge is -2.11. The van der Waals surface area contributed by atoms with E-state index in [2.05, 4.69) is 25.7 Å². The SMILES string of the molecule is FC(F)(F)Oc1cnc(Br)c(I)c1I. The van der Waals surface area contributed by atoms with Gasteiger partial charge in [-0.25, -0.2) is 4.98 Å². The maximum Gasteiger partial charge on any atom is 0.573 e. The van der Waals surface area contributed by atoms with Crippen molar-refractivity contribution in [3.8, 4) is 5.75 Å². The molecule has 0 fully saturated rings. The van der Waals surface area contributed by atoms with Gasteiger partial charge >= 0.3 is 6.36 Å². The van der Waals surface area contributed by atoms with E-state index in [4.69, 9.17) is 0 Å². The summed E-state index contributed by atoms with van der Waals surface area (Å²) in [6, 6.07) is 0. The zero-order chi connectivity index (χ0) is 10.9. The van der Waals surface area contributed by atoms with E-state index >= 15 is 0 Å². The van der Waals surface area contributed by atoms with Crippen LogP contribution in [-0.2, 0) is 0 Å². The molecule has 78 valence electrons. The van der Waals surface area contributed by atoms with Crippen LogP contribution in [0.25, 0.3) is 0 Å². The number of rotatable bonds is 1. The monoisotopic (exact) mass is 493 g/mol. The molecule has 1 aromatic heterocycles. The Morgan fingerprint density at radius 2 is 1.86 bits per heavy atom. The molecule has 1 rings (SSSR count). The minimum atomic E-state index is -4.68. The van der Waals surface area contributed by atoms with Gasteiger partial charge in [0, 0.05) is 0 Å². The third-order valence-electron chi connectivity index (χ3n) is 1.11. The van der Waals surface area contributed by atoms with E-state index in [0.717, 1.165) is 6.20 Å². The molecule has 0 aliphatic carbocycles. The zero-order valence-electron chi connectivity index (χ0n) is 6.20. The quantitative estimate of drug-likeness (QED) is 0.437. The van der Waals surface area contributed by atoms with Gasteiger partial charge < -0.3 is 4.74 Å². The van der Waals surface area contributed by atoms with E-state index in [1.165, 1.54) is 0 Å². The fraction of sp³-hybridized carbons (Fsp3) is 0.167. The third-order valence-corrected chi connectivity index (χ3v) is 5.61. The Bertz CT molecular complexity index is 358. The highest BCUT2D eigenvalue weighted by Crippen LogP contribution is 2.32. The number of hydrogen-bond donors (Lipinski definition) is 0. The van der Waals surface area contributed by atoms with E-state index in [-0.39, 0.29) is 5.75 Å². The Kier molecular flexibility index (Phi) is 4.26. The molecular formula is C6HBrF3I2NO. The van der Waals surface area contributed by atoms with Gasteiger partial charge in [0.15, 0.2) is 5.75 Å². The molecule has 0 amide bonds. The first-order valence-electron chi connectivity index (χ1n) is 3.06. The molecular weight excluding hydrogens is 493 g/mol. The van der Waals surface area contributed by atoms with Crippen LogP contribution in [0.15, 0.2) is 10.8 Å². The lowest BCUT2D eigenvalue weighted by molar-refractivity contribution is -0.275. The smallest absolute Gasteiger partial charge is 0.403 e. The van der Waals surface area contributed by atoms with Crippen LogP contribution in [0.1, 0.15) is 0 Å². The molecule has 0 saturated carbocycles. The van der Waals surface area contributed by atoms with Crippen molar-refractivity contribution in [2.24, 2.45) is 0 Å². The van der Waals surface area contributed by atoms with Crippen LogP contribution in [0.3, 0.4) is 0 Å². The highest BCUT2D eigenvalue weighted by atomic mass is 127. The van der Waals surface area contributed by atoms with Crippen LogP contribution < -0.4 is 4.74 Å². The average Bonchev–Trinajstić information content (AvgIpc) is 2.04. The van der Waals surface area contributed by atoms with Crippen molar-refractivity contribution in [2.75, 3.05) is 0 Å². The van der Waals surface area contributed by atoms with Crippen molar-refractivity contribution < 1.29 is 17.9 Å². The first-order chi connectivity index (χ1) is 6.31. The van der Waals surface area contributed by atoms with Gasteiger partial charge in [0.2, 0.25) is 0 Å². The molecule has 8 heteroatoms. The fourth-order valence-corrected chi connectivity index (χ4v) is 2.20. The molecule has 0 radical (unpaired) electrons. The Morgan fingerprint density at radius 3 is 2.36 bits per heavy atom. The Balaban J connectivity index is 3.06. The molecule has 0 aromatic carbocycles. The van der Waals surface area contributed by atoms with Crippen LogP contribution >= 0.6 is 61.1 Å². The second kappa shape index (κ2) is 4.68. The maximum absolute atomic E-state index is 11.9. The maximum atomic E-state index is 11.9. The van der Waals surface area contributed by atoms with Gasteiger partial charge in [-0.15, -0.1) is 13.2 Å². The molecule has 14 heavy (non-hydrogen) atoms. The van der Waals surface area contributed by atoms with Gasteiger partial charge in [-0.2, -0.15) is 0 Å². The summed E-state index contributed by atoms with van der Waals surface area (Å²) in [5.74, 6) is -0.286. The molecule has 0 atom stereocenters. The number of nitrogens with zero attached hydrogens (tertiary/aromatic N) is 1. The fourth-order valence-electron chi connectivity index (χ4n) is 0.623. The summed E-state index contributed by atoms with van der Waals surface area (Å²) in [5.41, 5.74) is 0. The predicted octanol–water partition coefficient (Wildman–Crippen LogP) is 3.95.